The molecule has 4 rings (SSSR count). The van der Waals surface area contributed by atoms with E-state index in [1.165, 1.54) is 23.7 Å². The van der Waals surface area contributed by atoms with Crippen molar-refractivity contribution in [3.63, 3.8) is 0 Å². The molecule has 2 aromatic heterocycles. The van der Waals surface area contributed by atoms with E-state index in [0.29, 0.717) is 29.3 Å². The third-order valence-corrected chi connectivity index (χ3v) is 7.82. The fraction of sp³-hybridized carbons (Fsp3) is 0.500. The number of thiazole rings is 1. The van der Waals surface area contributed by atoms with Gasteiger partial charge in [0.15, 0.2) is 5.01 Å². The van der Waals surface area contributed by atoms with Crippen molar-refractivity contribution in [1.82, 2.24) is 35.4 Å². The Labute approximate surface area is 224 Å². The second-order valence-electron chi connectivity index (χ2n) is 9.61. The highest BCUT2D eigenvalue weighted by Crippen LogP contribution is 2.28. The Morgan fingerprint density at radius 2 is 1.89 bits per heavy atom. The topological polar surface area (TPSA) is 132 Å². The van der Waals surface area contributed by atoms with Crippen LogP contribution >= 0.6 is 22.9 Å². The minimum Gasteiger partial charge on any atom is -0.349 e. The van der Waals surface area contributed by atoms with E-state index in [2.05, 4.69) is 42.4 Å². The number of amides is 3. The molecule has 0 aromatic carbocycles. The van der Waals surface area contributed by atoms with Crippen LogP contribution in [0.1, 0.15) is 39.6 Å². The molecule has 0 saturated heterocycles. The predicted octanol–water partition coefficient (Wildman–Crippen LogP) is 1.67. The lowest BCUT2D eigenvalue weighted by Crippen LogP contribution is -2.56. The van der Waals surface area contributed by atoms with Crippen LogP contribution in [-0.2, 0) is 22.6 Å². The molecule has 1 fully saturated rings. The third kappa shape index (κ3) is 6.62. The van der Waals surface area contributed by atoms with Gasteiger partial charge in [-0.2, -0.15) is 0 Å². The van der Waals surface area contributed by atoms with Crippen LogP contribution in [0.3, 0.4) is 0 Å². The summed E-state index contributed by atoms with van der Waals surface area (Å²) in [5, 5.41) is 9.54. The average Bonchev–Trinajstić information content (AvgIpc) is 3.29. The van der Waals surface area contributed by atoms with E-state index in [9.17, 15) is 14.4 Å². The van der Waals surface area contributed by atoms with Crippen LogP contribution in [-0.4, -0.2) is 82.2 Å². The summed E-state index contributed by atoms with van der Waals surface area (Å²) in [5.41, 5.74) is 1.02. The molecule has 37 heavy (non-hydrogen) atoms. The van der Waals surface area contributed by atoms with Crippen molar-refractivity contribution in [2.75, 3.05) is 33.0 Å². The number of hydrogen-bond donors (Lipinski definition) is 3. The van der Waals surface area contributed by atoms with Gasteiger partial charge in [-0.1, -0.05) is 18.2 Å². The minimum absolute atomic E-state index is 0.00254. The molecule has 3 atom stereocenters. The molecule has 3 N–H and O–H groups in total. The van der Waals surface area contributed by atoms with Gasteiger partial charge in [-0.3, -0.25) is 14.4 Å². The van der Waals surface area contributed by atoms with E-state index < -0.39 is 18.0 Å². The Balaban J connectivity index is 1.45. The van der Waals surface area contributed by atoms with Gasteiger partial charge in [-0.15, -0.1) is 11.3 Å². The van der Waals surface area contributed by atoms with Crippen LogP contribution in [0.4, 0.5) is 5.95 Å². The molecule has 3 amide bonds. The molecule has 1 aliphatic carbocycles. The van der Waals surface area contributed by atoms with Crippen molar-refractivity contribution < 1.29 is 14.4 Å². The Hall–Kier alpha value is -3.09. The number of likely N-dealkylation sites (N-methyl/N-ethyl adjacent to an activating group) is 1. The highest BCUT2D eigenvalue weighted by atomic mass is 35.5. The lowest BCUT2D eigenvalue weighted by Gasteiger charge is -2.37. The van der Waals surface area contributed by atoms with Crippen molar-refractivity contribution in [2.24, 2.45) is 5.92 Å². The number of fused-ring (bicyclic) bond motifs is 1. The molecule has 0 spiro atoms. The zero-order chi connectivity index (χ0) is 26.7. The normalized spacial score (nSPS) is 21.5. The summed E-state index contributed by atoms with van der Waals surface area (Å²) < 4.78 is 0. The van der Waals surface area contributed by atoms with Gasteiger partial charge in [0.1, 0.15) is 0 Å². The fourth-order valence-corrected chi connectivity index (χ4v) is 5.76. The number of anilines is 1. The van der Waals surface area contributed by atoms with Gasteiger partial charge < -0.3 is 25.8 Å². The second-order valence-corrected chi connectivity index (χ2v) is 11.1. The number of nitrogens with one attached hydrogen (secondary N) is 3. The molecule has 13 heteroatoms. The summed E-state index contributed by atoms with van der Waals surface area (Å²) in [6.07, 6.45) is 5.14. The number of carbonyl (C=O) groups excluding carboxylic acids is 3. The third-order valence-electron chi connectivity index (χ3n) is 6.55. The quantitative estimate of drug-likeness (QED) is 0.447. The SMILES string of the molecule is C=C(Nc1ncc(Cl)cn1)C(=O)N[C@H]1CC[C@H](C(=O)N(C)C)C[C@H]1NC(=O)c1nc2c(s1)CN(C)CC2. The summed E-state index contributed by atoms with van der Waals surface area (Å²) in [7, 11) is 5.48. The van der Waals surface area contributed by atoms with Gasteiger partial charge >= 0.3 is 0 Å². The lowest BCUT2D eigenvalue weighted by atomic mass is 9.81. The number of carbonyl (C=O) groups is 3. The molecule has 1 aliphatic heterocycles. The maximum Gasteiger partial charge on any atom is 0.280 e. The van der Waals surface area contributed by atoms with Gasteiger partial charge in [0.2, 0.25) is 11.9 Å². The fourth-order valence-electron chi connectivity index (χ4n) is 4.57. The molecule has 0 bridgehead atoms. The van der Waals surface area contributed by atoms with Crippen molar-refractivity contribution in [1.29, 1.82) is 0 Å². The first-order valence-corrected chi connectivity index (χ1v) is 13.2. The van der Waals surface area contributed by atoms with Gasteiger partial charge in [0.05, 0.1) is 34.8 Å². The Morgan fingerprint density at radius 3 is 2.59 bits per heavy atom. The van der Waals surface area contributed by atoms with Gasteiger partial charge in [0, 0.05) is 50.4 Å². The predicted molar refractivity (Wildman–Crippen MR) is 141 cm³/mol. The number of aromatic nitrogens is 3. The van der Waals surface area contributed by atoms with Crippen LogP contribution < -0.4 is 16.0 Å². The molecular weight excluding hydrogens is 516 g/mol. The zero-order valence-electron chi connectivity index (χ0n) is 21.1. The Bertz CT molecular complexity index is 1190. The minimum atomic E-state index is -0.456. The first-order chi connectivity index (χ1) is 17.6. The maximum atomic E-state index is 13.2. The average molecular weight is 547 g/mol. The number of rotatable bonds is 7. The van der Waals surface area contributed by atoms with E-state index in [4.69, 9.17) is 11.6 Å². The Morgan fingerprint density at radius 1 is 1.16 bits per heavy atom. The van der Waals surface area contributed by atoms with Crippen LogP contribution in [0.5, 0.6) is 0 Å². The maximum absolute atomic E-state index is 13.2. The largest absolute Gasteiger partial charge is 0.349 e. The smallest absolute Gasteiger partial charge is 0.280 e. The Kier molecular flexibility index (Phi) is 8.40. The number of nitrogens with zero attached hydrogens (tertiary/aromatic N) is 5. The molecule has 11 nitrogen and oxygen atoms in total. The zero-order valence-corrected chi connectivity index (χ0v) is 22.7. The summed E-state index contributed by atoms with van der Waals surface area (Å²) in [5.74, 6) is -0.810. The van der Waals surface area contributed by atoms with Crippen LogP contribution in [0.2, 0.25) is 5.02 Å². The molecule has 0 radical (unpaired) electrons. The van der Waals surface area contributed by atoms with Crippen LogP contribution in [0.25, 0.3) is 0 Å². The van der Waals surface area contributed by atoms with Gasteiger partial charge in [-0.25, -0.2) is 15.0 Å². The highest BCUT2D eigenvalue weighted by Gasteiger charge is 2.37. The first kappa shape index (κ1) is 27.0. The monoisotopic (exact) mass is 546 g/mol. The van der Waals surface area contributed by atoms with E-state index in [0.717, 1.165) is 30.1 Å². The molecule has 3 heterocycles. The number of hydrogen-bond acceptors (Lipinski definition) is 9. The molecule has 1 saturated carbocycles. The van der Waals surface area contributed by atoms with E-state index in [1.807, 2.05) is 7.05 Å². The summed E-state index contributed by atoms with van der Waals surface area (Å²) in [6.45, 7) is 5.46. The molecule has 0 unspecified atom stereocenters. The second kappa shape index (κ2) is 11.5. The van der Waals surface area contributed by atoms with E-state index in [1.54, 1.807) is 19.0 Å². The van der Waals surface area contributed by atoms with Crippen LogP contribution in [0.15, 0.2) is 24.7 Å². The molecule has 2 aliphatic rings. The van der Waals surface area contributed by atoms with E-state index in [-0.39, 0.29) is 29.4 Å². The molecular formula is C24H31ClN8O3S. The van der Waals surface area contributed by atoms with Crippen molar-refractivity contribution in [3.05, 3.63) is 45.3 Å². The lowest BCUT2D eigenvalue weighted by molar-refractivity contribution is -0.134. The number of halogens is 1. The standard InChI is InChI=1S/C24H31ClN8O3S/c1-13(28-24-26-10-15(25)11-27-24)20(34)29-16-6-5-14(23(36)32(2)3)9-18(16)30-21(35)22-31-17-7-8-33(4)12-19(17)37-22/h10-11,14,16,18H,1,5-9,12H2,2-4H3,(H,29,34)(H,30,35)(H,26,27,28)/t14-,16-,18+/m0/s1. The molecule has 198 valence electrons. The van der Waals surface area contributed by atoms with Gasteiger partial charge in [-0.05, 0) is 26.3 Å². The molecule has 2 aromatic rings. The summed E-state index contributed by atoms with van der Waals surface area (Å²) >= 11 is 7.20. The summed E-state index contributed by atoms with van der Waals surface area (Å²) in [4.78, 5) is 56.3. The highest BCUT2D eigenvalue weighted by molar-refractivity contribution is 7.13. The summed E-state index contributed by atoms with van der Waals surface area (Å²) in [6, 6.07) is -0.852. The van der Waals surface area contributed by atoms with Gasteiger partial charge in [0.25, 0.3) is 11.8 Å². The van der Waals surface area contributed by atoms with Crippen LogP contribution in [0, 0.1) is 5.92 Å². The van der Waals surface area contributed by atoms with Crippen molar-refractivity contribution in [3.8, 4) is 0 Å². The van der Waals surface area contributed by atoms with Crippen molar-refractivity contribution in [2.45, 2.75) is 44.3 Å². The van der Waals surface area contributed by atoms with Crippen molar-refractivity contribution >= 4 is 46.6 Å². The van der Waals surface area contributed by atoms with E-state index >= 15 is 0 Å². The first-order valence-electron chi connectivity index (χ1n) is 12.0.